The normalized spacial score (nSPS) is 11.9. The van der Waals surface area contributed by atoms with Gasteiger partial charge in [0.05, 0.1) is 17.3 Å². The maximum absolute atomic E-state index is 12.5. The number of thiazole rings is 1. The van der Waals surface area contributed by atoms with Crippen LogP contribution in [0.25, 0.3) is 10.2 Å². The van der Waals surface area contributed by atoms with Crippen LogP contribution in [0, 0.1) is 0 Å². The SMILES string of the molecule is CCn1nccc1C(=O)N=c1sc2cc(Cl)ccc2n1CC(=O)OC. The highest BCUT2D eigenvalue weighted by molar-refractivity contribution is 7.16. The van der Waals surface area contributed by atoms with E-state index in [-0.39, 0.29) is 6.54 Å². The van der Waals surface area contributed by atoms with Gasteiger partial charge in [-0.25, -0.2) is 0 Å². The highest BCUT2D eigenvalue weighted by atomic mass is 35.5. The summed E-state index contributed by atoms with van der Waals surface area (Å²) in [6.07, 6.45) is 1.56. The van der Waals surface area contributed by atoms with Crippen molar-refractivity contribution >= 4 is 45.0 Å². The van der Waals surface area contributed by atoms with Gasteiger partial charge in [0.25, 0.3) is 5.91 Å². The number of carbonyl (C=O) groups is 2. The van der Waals surface area contributed by atoms with Gasteiger partial charge in [-0.05, 0) is 31.2 Å². The van der Waals surface area contributed by atoms with Crippen molar-refractivity contribution < 1.29 is 14.3 Å². The van der Waals surface area contributed by atoms with Crippen molar-refractivity contribution in [1.82, 2.24) is 14.3 Å². The van der Waals surface area contributed by atoms with Gasteiger partial charge in [-0.1, -0.05) is 22.9 Å². The van der Waals surface area contributed by atoms with Crippen LogP contribution in [-0.4, -0.2) is 33.3 Å². The first-order chi connectivity index (χ1) is 12.0. The number of rotatable bonds is 4. The number of esters is 1. The number of benzene rings is 1. The molecule has 2 aromatic heterocycles. The van der Waals surface area contributed by atoms with Gasteiger partial charge in [-0.3, -0.25) is 14.3 Å². The Morgan fingerprint density at radius 3 is 2.88 bits per heavy atom. The maximum atomic E-state index is 12.5. The Hall–Kier alpha value is -2.45. The van der Waals surface area contributed by atoms with E-state index in [2.05, 4.69) is 10.1 Å². The summed E-state index contributed by atoms with van der Waals surface area (Å²) in [7, 11) is 1.32. The highest BCUT2D eigenvalue weighted by Crippen LogP contribution is 2.22. The molecule has 0 aliphatic carbocycles. The molecule has 0 aliphatic heterocycles. The van der Waals surface area contributed by atoms with Crippen molar-refractivity contribution in [3.05, 3.63) is 46.0 Å². The first-order valence-electron chi connectivity index (χ1n) is 7.50. The zero-order valence-electron chi connectivity index (χ0n) is 13.6. The molecule has 0 bridgehead atoms. The van der Waals surface area contributed by atoms with E-state index in [0.717, 1.165) is 10.2 Å². The summed E-state index contributed by atoms with van der Waals surface area (Å²) < 4.78 is 8.78. The monoisotopic (exact) mass is 378 g/mol. The van der Waals surface area contributed by atoms with Gasteiger partial charge in [0.15, 0.2) is 4.80 Å². The van der Waals surface area contributed by atoms with E-state index in [1.54, 1.807) is 39.7 Å². The maximum Gasteiger partial charge on any atom is 0.325 e. The first kappa shape index (κ1) is 17.4. The molecular formula is C16H15ClN4O3S. The van der Waals surface area contributed by atoms with E-state index in [1.165, 1.54) is 18.4 Å². The van der Waals surface area contributed by atoms with Gasteiger partial charge in [0, 0.05) is 17.8 Å². The van der Waals surface area contributed by atoms with Crippen molar-refractivity contribution in [2.24, 2.45) is 4.99 Å². The molecule has 3 rings (SSSR count). The fourth-order valence-electron chi connectivity index (χ4n) is 2.39. The molecule has 0 unspecified atom stereocenters. The van der Waals surface area contributed by atoms with Gasteiger partial charge >= 0.3 is 5.97 Å². The third-order valence-electron chi connectivity index (χ3n) is 3.59. The number of aryl methyl sites for hydroxylation is 1. The zero-order chi connectivity index (χ0) is 18.0. The van der Waals surface area contributed by atoms with Gasteiger partial charge in [0.2, 0.25) is 0 Å². The number of aromatic nitrogens is 3. The van der Waals surface area contributed by atoms with Crippen molar-refractivity contribution in [2.45, 2.75) is 20.0 Å². The third kappa shape index (κ3) is 3.49. The van der Waals surface area contributed by atoms with Gasteiger partial charge in [-0.15, -0.1) is 0 Å². The van der Waals surface area contributed by atoms with E-state index in [0.29, 0.717) is 22.1 Å². The molecule has 9 heteroatoms. The summed E-state index contributed by atoms with van der Waals surface area (Å²) in [4.78, 5) is 28.9. The molecular weight excluding hydrogens is 364 g/mol. The van der Waals surface area contributed by atoms with Crippen LogP contribution >= 0.6 is 22.9 Å². The number of amides is 1. The number of carbonyl (C=O) groups excluding carboxylic acids is 2. The topological polar surface area (TPSA) is 78.5 Å². The molecule has 0 saturated heterocycles. The van der Waals surface area contributed by atoms with Crippen molar-refractivity contribution in [1.29, 1.82) is 0 Å². The van der Waals surface area contributed by atoms with E-state index >= 15 is 0 Å². The van der Waals surface area contributed by atoms with Crippen LogP contribution in [0.15, 0.2) is 35.5 Å². The van der Waals surface area contributed by atoms with E-state index < -0.39 is 11.9 Å². The first-order valence-corrected chi connectivity index (χ1v) is 8.69. The van der Waals surface area contributed by atoms with Crippen molar-refractivity contribution in [3.63, 3.8) is 0 Å². The zero-order valence-corrected chi connectivity index (χ0v) is 15.2. The number of ether oxygens (including phenoxy) is 1. The Morgan fingerprint density at radius 1 is 1.36 bits per heavy atom. The number of methoxy groups -OCH3 is 1. The number of hydrogen-bond donors (Lipinski definition) is 0. The number of fused-ring (bicyclic) bond motifs is 1. The Morgan fingerprint density at radius 2 is 2.16 bits per heavy atom. The molecule has 0 fully saturated rings. The summed E-state index contributed by atoms with van der Waals surface area (Å²) in [6, 6.07) is 6.90. The summed E-state index contributed by atoms with van der Waals surface area (Å²) >= 11 is 7.32. The second-order valence-electron chi connectivity index (χ2n) is 5.11. The highest BCUT2D eigenvalue weighted by Gasteiger charge is 2.14. The average Bonchev–Trinajstić information content (AvgIpc) is 3.19. The molecule has 2 heterocycles. The molecule has 0 saturated carbocycles. The quantitative estimate of drug-likeness (QED) is 0.653. The second-order valence-corrected chi connectivity index (χ2v) is 6.55. The summed E-state index contributed by atoms with van der Waals surface area (Å²) in [5.74, 6) is -0.849. The standard InChI is InChI=1S/C16H15ClN4O3S/c1-3-21-12(6-7-18-21)15(23)19-16-20(9-14(22)24-2)11-5-4-10(17)8-13(11)25-16/h4-8H,3,9H2,1-2H3. The molecule has 25 heavy (non-hydrogen) atoms. The summed E-state index contributed by atoms with van der Waals surface area (Å²) in [6.45, 7) is 2.41. The minimum Gasteiger partial charge on any atom is -0.468 e. The van der Waals surface area contributed by atoms with Crippen LogP contribution in [0.1, 0.15) is 17.4 Å². The van der Waals surface area contributed by atoms with Crippen LogP contribution in [-0.2, 0) is 22.6 Å². The number of halogens is 1. The molecule has 0 radical (unpaired) electrons. The lowest BCUT2D eigenvalue weighted by molar-refractivity contribution is -0.141. The second kappa shape index (κ2) is 7.20. The summed E-state index contributed by atoms with van der Waals surface area (Å²) in [5, 5.41) is 4.65. The minimum absolute atomic E-state index is 0.0444. The summed E-state index contributed by atoms with van der Waals surface area (Å²) in [5.41, 5.74) is 1.15. The average molecular weight is 379 g/mol. The van der Waals surface area contributed by atoms with Crippen molar-refractivity contribution in [2.75, 3.05) is 7.11 Å². The molecule has 1 amide bonds. The molecule has 0 aliphatic rings. The van der Waals surface area contributed by atoms with Crippen LogP contribution in [0.3, 0.4) is 0 Å². The van der Waals surface area contributed by atoms with E-state index in [1.807, 2.05) is 6.92 Å². The van der Waals surface area contributed by atoms with Crippen LogP contribution < -0.4 is 4.80 Å². The molecule has 130 valence electrons. The number of nitrogens with zero attached hydrogens (tertiary/aromatic N) is 4. The largest absolute Gasteiger partial charge is 0.468 e. The molecule has 0 N–H and O–H groups in total. The Bertz CT molecular complexity index is 1020. The Kier molecular flexibility index (Phi) is 5.00. The molecule has 3 aromatic rings. The van der Waals surface area contributed by atoms with Gasteiger partial charge in [-0.2, -0.15) is 10.1 Å². The smallest absolute Gasteiger partial charge is 0.325 e. The van der Waals surface area contributed by atoms with Gasteiger partial charge < -0.3 is 9.30 Å². The molecule has 0 spiro atoms. The van der Waals surface area contributed by atoms with Crippen LogP contribution in [0.2, 0.25) is 5.02 Å². The molecule has 1 aromatic carbocycles. The Balaban J connectivity index is 2.15. The lowest BCUT2D eigenvalue weighted by Crippen LogP contribution is -2.23. The van der Waals surface area contributed by atoms with E-state index in [4.69, 9.17) is 16.3 Å². The fraction of sp³-hybridized carbons (Fsp3) is 0.250. The van der Waals surface area contributed by atoms with Gasteiger partial charge in [0.1, 0.15) is 12.2 Å². The number of hydrogen-bond acceptors (Lipinski definition) is 5. The van der Waals surface area contributed by atoms with Crippen molar-refractivity contribution in [3.8, 4) is 0 Å². The lowest BCUT2D eigenvalue weighted by Gasteiger charge is -2.04. The Labute approximate surface area is 152 Å². The fourth-order valence-corrected chi connectivity index (χ4v) is 3.69. The predicted octanol–water partition coefficient (Wildman–Crippen LogP) is 2.49. The third-order valence-corrected chi connectivity index (χ3v) is 4.87. The van der Waals surface area contributed by atoms with Crippen LogP contribution in [0.5, 0.6) is 0 Å². The minimum atomic E-state index is -0.429. The van der Waals surface area contributed by atoms with Crippen LogP contribution in [0.4, 0.5) is 0 Å². The van der Waals surface area contributed by atoms with E-state index in [9.17, 15) is 9.59 Å². The lowest BCUT2D eigenvalue weighted by atomic mass is 10.3. The predicted molar refractivity (Wildman–Crippen MR) is 94.6 cm³/mol. The molecule has 0 atom stereocenters. The molecule has 7 nitrogen and oxygen atoms in total.